The molecule has 0 radical (unpaired) electrons. The van der Waals surface area contributed by atoms with Crippen LogP contribution in [0.15, 0.2) is 11.6 Å². The lowest BCUT2D eigenvalue weighted by molar-refractivity contribution is -0.132. The molecule has 180 valence electrons. The molecule has 2 aliphatic heterocycles. The van der Waals surface area contributed by atoms with Crippen LogP contribution in [0.1, 0.15) is 53.7 Å². The molecular weight excluding hydrogens is 428 g/mol. The average Bonchev–Trinajstić information content (AvgIpc) is 3.21. The summed E-state index contributed by atoms with van der Waals surface area (Å²) in [4.78, 5) is 39.8. The van der Waals surface area contributed by atoms with Crippen molar-refractivity contribution in [2.45, 2.75) is 46.6 Å². The van der Waals surface area contributed by atoms with Gasteiger partial charge in [-0.3, -0.25) is 4.79 Å². The number of allylic oxidation sites excluding steroid dienone is 2. The van der Waals surface area contributed by atoms with Crippen molar-refractivity contribution in [3.63, 3.8) is 0 Å². The van der Waals surface area contributed by atoms with Crippen LogP contribution in [0.3, 0.4) is 0 Å². The minimum absolute atomic E-state index is 0.0443. The molecular formula is C24H32N2O7. The Morgan fingerprint density at radius 2 is 1.82 bits per heavy atom. The summed E-state index contributed by atoms with van der Waals surface area (Å²) in [5.41, 5.74) is 3.19. The Morgan fingerprint density at radius 3 is 2.45 bits per heavy atom. The number of esters is 1. The fraction of sp³-hybridized carbons (Fsp3) is 0.542. The number of ether oxygens (including phenoxy) is 3. The topological polar surface area (TPSA) is 106 Å². The van der Waals surface area contributed by atoms with E-state index >= 15 is 0 Å². The van der Waals surface area contributed by atoms with Gasteiger partial charge in [0.05, 0.1) is 13.7 Å². The fourth-order valence-corrected chi connectivity index (χ4v) is 4.22. The van der Waals surface area contributed by atoms with E-state index in [-0.39, 0.29) is 29.9 Å². The van der Waals surface area contributed by atoms with E-state index in [1.807, 2.05) is 19.9 Å². The molecule has 3 rings (SSSR count). The lowest BCUT2D eigenvalue weighted by Crippen LogP contribution is -2.50. The Kier molecular flexibility index (Phi) is 7.84. The Labute approximate surface area is 193 Å². The van der Waals surface area contributed by atoms with Crippen LogP contribution in [0, 0.1) is 6.92 Å². The van der Waals surface area contributed by atoms with Crippen molar-refractivity contribution in [3.05, 3.63) is 33.9 Å². The molecule has 0 atom stereocenters. The Morgan fingerprint density at radius 1 is 1.15 bits per heavy atom. The van der Waals surface area contributed by atoms with Gasteiger partial charge in [0.25, 0.3) is 0 Å². The zero-order valence-electron chi connectivity index (χ0n) is 19.7. The summed E-state index contributed by atoms with van der Waals surface area (Å²) >= 11 is 0. The number of phenols is 1. The summed E-state index contributed by atoms with van der Waals surface area (Å²) < 4.78 is 15.6. The molecule has 0 bridgehead atoms. The molecule has 0 unspecified atom stereocenters. The van der Waals surface area contributed by atoms with Gasteiger partial charge in [0.1, 0.15) is 23.7 Å². The maximum Gasteiger partial charge on any atom is 0.409 e. The first-order valence-electron chi connectivity index (χ1n) is 11.2. The zero-order chi connectivity index (χ0) is 24.1. The zero-order valence-corrected chi connectivity index (χ0v) is 19.7. The molecule has 2 amide bonds. The number of amides is 2. The third-order valence-electron chi connectivity index (χ3n) is 6.19. The molecule has 0 saturated carbocycles. The maximum atomic E-state index is 12.6. The normalized spacial score (nSPS) is 15.9. The number of fused-ring (bicyclic) bond motifs is 1. The second kappa shape index (κ2) is 10.6. The minimum atomic E-state index is -0.524. The van der Waals surface area contributed by atoms with Crippen LogP contribution >= 0.6 is 0 Å². The monoisotopic (exact) mass is 460 g/mol. The summed E-state index contributed by atoms with van der Waals surface area (Å²) in [6.07, 6.45) is 2.91. The quantitative estimate of drug-likeness (QED) is 0.493. The second-order valence-corrected chi connectivity index (χ2v) is 8.24. The first kappa shape index (κ1) is 24.4. The standard InChI is InChI=1S/C24H32N2O7/c1-5-32-24(30)26-12-10-25(11-13-26)19(27)9-7-15(2)6-8-17-21(28)20-18(14-33-23(20)29)16(3)22(17)31-4/h6,28H,5,7-14H2,1-4H3. The summed E-state index contributed by atoms with van der Waals surface area (Å²) in [5.74, 6) is -0.0367. The lowest BCUT2D eigenvalue weighted by atomic mass is 9.94. The number of piperazine rings is 1. The molecule has 1 fully saturated rings. The number of hydrogen-bond acceptors (Lipinski definition) is 7. The van der Waals surface area contributed by atoms with E-state index in [1.54, 1.807) is 16.7 Å². The van der Waals surface area contributed by atoms with Crippen LogP contribution < -0.4 is 4.74 Å². The summed E-state index contributed by atoms with van der Waals surface area (Å²) in [5, 5.41) is 10.7. The average molecular weight is 461 g/mol. The molecule has 9 nitrogen and oxygen atoms in total. The van der Waals surface area contributed by atoms with Crippen LogP contribution in [0.4, 0.5) is 4.79 Å². The van der Waals surface area contributed by atoms with E-state index in [2.05, 4.69) is 0 Å². The molecule has 1 N–H and O–H groups in total. The van der Waals surface area contributed by atoms with Gasteiger partial charge in [0.2, 0.25) is 5.91 Å². The Bertz CT molecular complexity index is 962. The molecule has 2 aliphatic rings. The highest BCUT2D eigenvalue weighted by Gasteiger charge is 2.32. The number of nitrogens with zero attached hydrogens (tertiary/aromatic N) is 2. The van der Waals surface area contributed by atoms with Gasteiger partial charge in [-0.25, -0.2) is 9.59 Å². The van der Waals surface area contributed by atoms with Crippen molar-refractivity contribution in [2.75, 3.05) is 39.9 Å². The van der Waals surface area contributed by atoms with Gasteiger partial charge in [-0.2, -0.15) is 0 Å². The van der Waals surface area contributed by atoms with Crippen molar-refractivity contribution in [2.24, 2.45) is 0 Å². The molecule has 1 saturated heterocycles. The SMILES string of the molecule is CCOC(=O)N1CCN(C(=O)CCC(C)=CCc2c(O)c3c(c(C)c2OC)COC3=O)CC1. The van der Waals surface area contributed by atoms with Gasteiger partial charge in [0, 0.05) is 43.7 Å². The number of aromatic hydroxyl groups is 1. The maximum absolute atomic E-state index is 12.6. The highest BCUT2D eigenvalue weighted by atomic mass is 16.6. The predicted molar refractivity (Wildman–Crippen MR) is 120 cm³/mol. The number of cyclic esters (lactones) is 1. The Hall–Kier alpha value is -3.23. The van der Waals surface area contributed by atoms with Crippen LogP contribution in [-0.2, 0) is 27.3 Å². The number of carbonyl (C=O) groups excluding carboxylic acids is 3. The number of methoxy groups -OCH3 is 1. The third kappa shape index (κ3) is 5.23. The van der Waals surface area contributed by atoms with Gasteiger partial charge >= 0.3 is 12.1 Å². The van der Waals surface area contributed by atoms with Crippen LogP contribution in [-0.4, -0.2) is 72.8 Å². The number of benzene rings is 1. The van der Waals surface area contributed by atoms with Crippen LogP contribution in [0.2, 0.25) is 0 Å². The van der Waals surface area contributed by atoms with Gasteiger partial charge < -0.3 is 29.1 Å². The van der Waals surface area contributed by atoms with E-state index in [0.29, 0.717) is 68.9 Å². The van der Waals surface area contributed by atoms with Crippen molar-refractivity contribution < 1.29 is 33.7 Å². The third-order valence-corrected chi connectivity index (χ3v) is 6.19. The summed E-state index contributed by atoms with van der Waals surface area (Å²) in [6.45, 7) is 7.95. The van der Waals surface area contributed by atoms with Crippen LogP contribution in [0.5, 0.6) is 11.5 Å². The minimum Gasteiger partial charge on any atom is -0.507 e. The molecule has 1 aromatic rings. The first-order chi connectivity index (χ1) is 15.8. The lowest BCUT2D eigenvalue weighted by Gasteiger charge is -2.34. The van der Waals surface area contributed by atoms with Gasteiger partial charge in [-0.05, 0) is 39.2 Å². The molecule has 9 heteroatoms. The van der Waals surface area contributed by atoms with Crippen molar-refractivity contribution >= 4 is 18.0 Å². The number of hydrogen-bond donors (Lipinski definition) is 1. The largest absolute Gasteiger partial charge is 0.507 e. The second-order valence-electron chi connectivity index (χ2n) is 8.24. The Balaban J connectivity index is 1.58. The molecule has 33 heavy (non-hydrogen) atoms. The number of rotatable bonds is 7. The summed E-state index contributed by atoms with van der Waals surface area (Å²) in [7, 11) is 1.53. The van der Waals surface area contributed by atoms with Gasteiger partial charge in [0.15, 0.2) is 0 Å². The van der Waals surface area contributed by atoms with E-state index in [0.717, 1.165) is 11.1 Å². The van der Waals surface area contributed by atoms with Crippen LogP contribution in [0.25, 0.3) is 0 Å². The molecule has 0 spiro atoms. The number of carbonyl (C=O) groups is 3. The molecule has 2 heterocycles. The van der Waals surface area contributed by atoms with E-state index < -0.39 is 5.97 Å². The van der Waals surface area contributed by atoms with E-state index in [4.69, 9.17) is 14.2 Å². The van der Waals surface area contributed by atoms with Gasteiger partial charge in [-0.15, -0.1) is 0 Å². The smallest absolute Gasteiger partial charge is 0.409 e. The fourth-order valence-electron chi connectivity index (χ4n) is 4.22. The van der Waals surface area contributed by atoms with Crippen molar-refractivity contribution in [1.29, 1.82) is 0 Å². The number of phenolic OH excluding ortho intramolecular Hbond substituents is 1. The highest BCUT2D eigenvalue weighted by molar-refractivity contribution is 5.98. The highest BCUT2D eigenvalue weighted by Crippen LogP contribution is 2.42. The predicted octanol–water partition coefficient (Wildman–Crippen LogP) is 2.95. The molecule has 0 aromatic heterocycles. The first-order valence-corrected chi connectivity index (χ1v) is 11.2. The van der Waals surface area contributed by atoms with E-state index in [1.165, 1.54) is 7.11 Å². The van der Waals surface area contributed by atoms with Crippen molar-refractivity contribution in [3.8, 4) is 11.5 Å². The summed E-state index contributed by atoms with van der Waals surface area (Å²) in [6, 6.07) is 0. The molecule has 0 aliphatic carbocycles. The van der Waals surface area contributed by atoms with E-state index in [9.17, 15) is 19.5 Å². The van der Waals surface area contributed by atoms with Crippen molar-refractivity contribution in [1.82, 2.24) is 9.80 Å². The van der Waals surface area contributed by atoms with Gasteiger partial charge in [-0.1, -0.05) is 11.6 Å². The molecule has 1 aromatic carbocycles.